The Bertz CT molecular complexity index is 715. The van der Waals surface area contributed by atoms with E-state index in [1.54, 1.807) is 6.07 Å². The number of benzene rings is 2. The van der Waals surface area contributed by atoms with E-state index < -0.39 is 11.7 Å². The number of alkyl halides is 3. The lowest BCUT2D eigenvalue weighted by Gasteiger charge is -2.11. The van der Waals surface area contributed by atoms with Crippen molar-refractivity contribution in [2.24, 2.45) is 0 Å². The van der Waals surface area contributed by atoms with Gasteiger partial charge in [-0.25, -0.2) is 0 Å². The molecule has 0 aromatic heterocycles. The smallest absolute Gasteiger partial charge is 0.384 e. The van der Waals surface area contributed by atoms with Crippen molar-refractivity contribution < 1.29 is 18.0 Å². The molecular formula is C17H16ClF3N2O. The van der Waals surface area contributed by atoms with E-state index in [9.17, 15) is 18.0 Å². The van der Waals surface area contributed by atoms with Crippen LogP contribution in [0, 0.1) is 6.92 Å². The molecule has 128 valence electrons. The largest absolute Gasteiger partial charge is 0.416 e. The molecule has 0 heterocycles. The lowest BCUT2D eigenvalue weighted by atomic mass is 10.2. The number of carbonyl (C=O) groups is 1. The summed E-state index contributed by atoms with van der Waals surface area (Å²) >= 11 is 5.87. The Hall–Kier alpha value is -2.21. The molecule has 0 radical (unpaired) electrons. The second kappa shape index (κ2) is 7.57. The zero-order valence-corrected chi connectivity index (χ0v) is 13.6. The highest BCUT2D eigenvalue weighted by molar-refractivity contribution is 6.30. The van der Waals surface area contributed by atoms with E-state index >= 15 is 0 Å². The van der Waals surface area contributed by atoms with Crippen molar-refractivity contribution >= 4 is 28.9 Å². The molecule has 2 N–H and O–H groups in total. The minimum Gasteiger partial charge on any atom is -0.384 e. The molecule has 0 aliphatic heterocycles. The number of hydrogen-bond acceptors (Lipinski definition) is 2. The first-order valence-electron chi connectivity index (χ1n) is 7.23. The normalized spacial score (nSPS) is 11.2. The Morgan fingerprint density at radius 2 is 1.79 bits per heavy atom. The zero-order chi connectivity index (χ0) is 17.7. The Balaban J connectivity index is 1.83. The lowest BCUT2D eigenvalue weighted by molar-refractivity contribution is -0.137. The molecule has 0 atom stereocenters. The molecule has 0 bridgehead atoms. The molecular weight excluding hydrogens is 341 g/mol. The summed E-state index contributed by atoms with van der Waals surface area (Å²) in [5.41, 5.74) is 1.42. The number of anilines is 2. The van der Waals surface area contributed by atoms with Gasteiger partial charge in [-0.05, 0) is 55.0 Å². The first kappa shape index (κ1) is 18.1. The summed E-state index contributed by atoms with van der Waals surface area (Å²) in [4.78, 5) is 11.8. The van der Waals surface area contributed by atoms with Gasteiger partial charge in [0.15, 0.2) is 0 Å². The van der Waals surface area contributed by atoms with E-state index in [1.165, 1.54) is 12.1 Å². The van der Waals surface area contributed by atoms with Crippen LogP contribution in [-0.4, -0.2) is 12.5 Å². The Kier molecular flexibility index (Phi) is 5.72. The quantitative estimate of drug-likeness (QED) is 0.781. The van der Waals surface area contributed by atoms with Crippen LogP contribution in [0.25, 0.3) is 0 Å². The Morgan fingerprint density at radius 3 is 2.38 bits per heavy atom. The van der Waals surface area contributed by atoms with Crippen molar-refractivity contribution in [3.05, 3.63) is 58.6 Å². The monoisotopic (exact) mass is 356 g/mol. The molecule has 0 fully saturated rings. The fraction of sp³-hybridized carbons (Fsp3) is 0.235. The van der Waals surface area contributed by atoms with Crippen LogP contribution in [0.3, 0.4) is 0 Å². The van der Waals surface area contributed by atoms with Gasteiger partial charge in [-0.3, -0.25) is 4.79 Å². The van der Waals surface area contributed by atoms with Gasteiger partial charge in [-0.15, -0.1) is 0 Å². The van der Waals surface area contributed by atoms with Crippen molar-refractivity contribution in [3.8, 4) is 0 Å². The third-order valence-corrected chi connectivity index (χ3v) is 3.59. The van der Waals surface area contributed by atoms with Gasteiger partial charge < -0.3 is 10.6 Å². The van der Waals surface area contributed by atoms with Gasteiger partial charge in [-0.1, -0.05) is 11.6 Å². The molecule has 7 heteroatoms. The maximum atomic E-state index is 12.5. The molecule has 0 aliphatic rings. The van der Waals surface area contributed by atoms with Gasteiger partial charge in [0.25, 0.3) is 0 Å². The Labute approximate surface area is 142 Å². The zero-order valence-electron chi connectivity index (χ0n) is 12.9. The SMILES string of the molecule is Cc1cc(Cl)ccc1NCCC(=O)Nc1ccc(C(F)(F)F)cc1. The van der Waals surface area contributed by atoms with E-state index in [0.717, 1.165) is 23.4 Å². The summed E-state index contributed by atoms with van der Waals surface area (Å²) in [5, 5.41) is 6.32. The predicted octanol–water partition coefficient (Wildman–Crippen LogP) is 5.11. The van der Waals surface area contributed by atoms with E-state index in [0.29, 0.717) is 17.3 Å². The molecule has 2 rings (SSSR count). The van der Waals surface area contributed by atoms with Crippen LogP contribution in [0.15, 0.2) is 42.5 Å². The average molecular weight is 357 g/mol. The first-order chi connectivity index (χ1) is 11.3. The van der Waals surface area contributed by atoms with Gasteiger partial charge >= 0.3 is 6.18 Å². The van der Waals surface area contributed by atoms with Crippen molar-refractivity contribution in [1.82, 2.24) is 0 Å². The van der Waals surface area contributed by atoms with E-state index in [2.05, 4.69) is 10.6 Å². The molecule has 0 unspecified atom stereocenters. The van der Waals surface area contributed by atoms with Crippen molar-refractivity contribution in [3.63, 3.8) is 0 Å². The third kappa shape index (κ3) is 5.16. The van der Waals surface area contributed by atoms with Crippen LogP contribution in [0.5, 0.6) is 0 Å². The highest BCUT2D eigenvalue weighted by Gasteiger charge is 2.29. The number of hydrogen-bond donors (Lipinski definition) is 2. The summed E-state index contributed by atoms with van der Waals surface area (Å²) in [7, 11) is 0. The molecule has 1 amide bonds. The molecule has 0 saturated heterocycles. The van der Waals surface area contributed by atoms with Gasteiger partial charge in [-0.2, -0.15) is 13.2 Å². The summed E-state index contributed by atoms with van der Waals surface area (Å²) in [6.07, 6.45) is -4.20. The Morgan fingerprint density at radius 1 is 1.12 bits per heavy atom. The number of rotatable bonds is 5. The van der Waals surface area contributed by atoms with Crippen LogP contribution < -0.4 is 10.6 Å². The molecule has 0 saturated carbocycles. The van der Waals surface area contributed by atoms with Crippen molar-refractivity contribution in [2.75, 3.05) is 17.2 Å². The van der Waals surface area contributed by atoms with Crippen molar-refractivity contribution in [1.29, 1.82) is 0 Å². The maximum Gasteiger partial charge on any atom is 0.416 e. The van der Waals surface area contributed by atoms with Crippen LogP contribution in [0.2, 0.25) is 5.02 Å². The minimum atomic E-state index is -4.39. The van der Waals surface area contributed by atoms with Crippen LogP contribution >= 0.6 is 11.6 Å². The van der Waals surface area contributed by atoms with E-state index in [4.69, 9.17) is 11.6 Å². The number of halogens is 4. The summed E-state index contributed by atoms with van der Waals surface area (Å²) in [6.45, 7) is 2.30. The van der Waals surface area contributed by atoms with E-state index in [-0.39, 0.29) is 12.3 Å². The average Bonchev–Trinajstić information content (AvgIpc) is 2.49. The second-order valence-corrected chi connectivity index (χ2v) is 5.70. The standard InChI is InChI=1S/C17H16ClF3N2O/c1-11-10-13(18)4-7-15(11)22-9-8-16(24)23-14-5-2-12(3-6-14)17(19,20)21/h2-7,10,22H,8-9H2,1H3,(H,23,24). The fourth-order valence-corrected chi connectivity index (χ4v) is 2.33. The topological polar surface area (TPSA) is 41.1 Å². The summed E-state index contributed by atoms with van der Waals surface area (Å²) in [5.74, 6) is -0.283. The predicted molar refractivity (Wildman–Crippen MR) is 89.4 cm³/mol. The van der Waals surface area contributed by atoms with E-state index in [1.807, 2.05) is 19.1 Å². The van der Waals surface area contributed by atoms with Gasteiger partial charge in [0.05, 0.1) is 5.56 Å². The second-order valence-electron chi connectivity index (χ2n) is 5.26. The number of carbonyl (C=O) groups excluding carboxylic acids is 1. The van der Waals surface area contributed by atoms with Crippen molar-refractivity contribution in [2.45, 2.75) is 19.5 Å². The number of nitrogens with one attached hydrogen (secondary N) is 2. The van der Waals surface area contributed by atoms with Crippen LogP contribution in [0.1, 0.15) is 17.5 Å². The van der Waals surface area contributed by atoms with Gasteiger partial charge in [0.2, 0.25) is 5.91 Å². The van der Waals surface area contributed by atoms with Crippen LogP contribution in [-0.2, 0) is 11.0 Å². The summed E-state index contributed by atoms with van der Waals surface area (Å²) in [6, 6.07) is 9.72. The highest BCUT2D eigenvalue weighted by Crippen LogP contribution is 2.29. The minimum absolute atomic E-state index is 0.184. The first-order valence-corrected chi connectivity index (χ1v) is 7.60. The van der Waals surface area contributed by atoms with Crippen LogP contribution in [0.4, 0.5) is 24.5 Å². The fourth-order valence-electron chi connectivity index (χ4n) is 2.10. The maximum absolute atomic E-state index is 12.5. The van der Waals surface area contributed by atoms with Gasteiger partial charge in [0.1, 0.15) is 0 Å². The molecule has 0 aliphatic carbocycles. The number of aryl methyl sites for hydroxylation is 1. The molecule has 0 spiro atoms. The summed E-state index contributed by atoms with van der Waals surface area (Å²) < 4.78 is 37.4. The third-order valence-electron chi connectivity index (χ3n) is 3.35. The molecule has 2 aromatic carbocycles. The van der Waals surface area contributed by atoms with Gasteiger partial charge in [0, 0.05) is 29.4 Å². The molecule has 2 aromatic rings. The highest BCUT2D eigenvalue weighted by atomic mass is 35.5. The molecule has 24 heavy (non-hydrogen) atoms. The lowest BCUT2D eigenvalue weighted by Crippen LogP contribution is -2.16. The molecule has 3 nitrogen and oxygen atoms in total. The number of amides is 1.